The van der Waals surface area contributed by atoms with Crippen LogP contribution in [0.25, 0.3) is 11.4 Å². The molecule has 0 aliphatic carbocycles. The van der Waals surface area contributed by atoms with Gasteiger partial charge >= 0.3 is 0 Å². The molecular formula is C14H16N2O5. The van der Waals surface area contributed by atoms with Crippen LogP contribution in [-0.2, 0) is 4.74 Å². The molecule has 4 N–H and O–H groups in total. The van der Waals surface area contributed by atoms with Gasteiger partial charge in [-0.2, -0.15) is 4.98 Å². The van der Waals surface area contributed by atoms with E-state index in [-0.39, 0.29) is 5.56 Å². The minimum absolute atomic E-state index is 0.169. The zero-order chi connectivity index (χ0) is 15.1. The number of hydrogen-bond donors (Lipinski definition) is 4. The first-order valence-corrected chi connectivity index (χ1v) is 6.64. The summed E-state index contributed by atoms with van der Waals surface area (Å²) in [6.07, 6.45) is -4.42. The predicted molar refractivity (Wildman–Crippen MR) is 72.9 cm³/mol. The maximum absolute atomic E-state index is 12.1. The molecule has 1 fully saturated rings. The molecular weight excluding hydrogens is 276 g/mol. The van der Waals surface area contributed by atoms with Crippen molar-refractivity contribution in [3.63, 3.8) is 0 Å². The Kier molecular flexibility index (Phi) is 3.50. The fourth-order valence-corrected chi connectivity index (χ4v) is 2.56. The molecule has 0 aromatic carbocycles. The van der Waals surface area contributed by atoms with Crippen molar-refractivity contribution in [2.24, 2.45) is 0 Å². The molecule has 1 unspecified atom stereocenters. The van der Waals surface area contributed by atoms with Crippen LogP contribution in [0.15, 0.2) is 23.0 Å². The van der Waals surface area contributed by atoms with E-state index in [2.05, 4.69) is 9.97 Å². The number of fused-ring (bicyclic) bond motifs is 1. The number of pyridine rings is 2. The van der Waals surface area contributed by atoms with E-state index >= 15 is 0 Å². The number of hydrogen-bond acceptors (Lipinski definition) is 6. The van der Waals surface area contributed by atoms with Gasteiger partial charge in [-0.05, 0) is 25.1 Å². The highest BCUT2D eigenvalue weighted by Crippen LogP contribution is 2.33. The van der Waals surface area contributed by atoms with Crippen molar-refractivity contribution in [3.8, 4) is 11.4 Å². The van der Waals surface area contributed by atoms with Gasteiger partial charge in [0.1, 0.15) is 30.2 Å². The second-order valence-corrected chi connectivity index (χ2v) is 5.22. The fourth-order valence-electron chi connectivity index (χ4n) is 2.56. The molecule has 0 amide bonds. The Hall–Kier alpha value is -1.80. The molecule has 0 spiro atoms. The normalized spacial score (nSPS) is 29.1. The lowest BCUT2D eigenvalue weighted by atomic mass is 10.0. The van der Waals surface area contributed by atoms with Crippen LogP contribution in [0.4, 0.5) is 0 Å². The van der Waals surface area contributed by atoms with Crippen LogP contribution >= 0.6 is 0 Å². The smallest absolute Gasteiger partial charge is 0.277 e. The number of aliphatic hydroxyl groups excluding tert-OH is 3. The highest BCUT2D eigenvalue weighted by atomic mass is 16.6. The summed E-state index contributed by atoms with van der Waals surface area (Å²) >= 11 is 0. The third-order valence-electron chi connectivity index (χ3n) is 3.72. The molecule has 3 aliphatic heterocycles. The second kappa shape index (κ2) is 5.19. The molecule has 3 aliphatic rings. The first-order chi connectivity index (χ1) is 10.0. The van der Waals surface area contributed by atoms with Gasteiger partial charge in [0.05, 0.1) is 12.2 Å². The van der Waals surface area contributed by atoms with Crippen LogP contribution in [0, 0.1) is 6.92 Å². The van der Waals surface area contributed by atoms with Crippen LogP contribution in [0.1, 0.15) is 17.4 Å². The number of nitrogens with zero attached hydrogens (tertiary/aromatic N) is 1. The van der Waals surface area contributed by atoms with E-state index in [9.17, 15) is 15.0 Å². The highest BCUT2D eigenvalue weighted by molar-refractivity contribution is 5.57. The molecule has 4 atom stereocenters. The number of nitrogens with one attached hydrogen (secondary N) is 1. The molecule has 1 saturated heterocycles. The quantitative estimate of drug-likeness (QED) is 0.584. The summed E-state index contributed by atoms with van der Waals surface area (Å²) in [6.45, 7) is 1.42. The molecule has 21 heavy (non-hydrogen) atoms. The van der Waals surface area contributed by atoms with Gasteiger partial charge in [-0.3, -0.25) is 4.79 Å². The number of aromatic nitrogens is 2. The Morgan fingerprint density at radius 1 is 1.33 bits per heavy atom. The van der Waals surface area contributed by atoms with Crippen molar-refractivity contribution in [1.29, 1.82) is 0 Å². The maximum Gasteiger partial charge on any atom is 0.277 e. The SMILES string of the molecule is Cc1ccc2cc([C@@H]3O[C@H](CO)C(O)[C@@H]3O)c(=O)nc-2[nH]1. The van der Waals surface area contributed by atoms with Crippen molar-refractivity contribution in [3.05, 3.63) is 39.8 Å². The van der Waals surface area contributed by atoms with Gasteiger partial charge in [-0.1, -0.05) is 0 Å². The molecule has 7 heteroatoms. The van der Waals surface area contributed by atoms with E-state index in [0.717, 1.165) is 5.69 Å². The minimum atomic E-state index is -1.27. The van der Waals surface area contributed by atoms with Gasteiger partial charge in [0.2, 0.25) is 0 Å². The topological polar surface area (TPSA) is 116 Å². The highest BCUT2D eigenvalue weighted by Gasteiger charge is 2.44. The van der Waals surface area contributed by atoms with Crippen LogP contribution in [0.2, 0.25) is 0 Å². The lowest BCUT2D eigenvalue weighted by Gasteiger charge is -2.15. The second-order valence-electron chi connectivity index (χ2n) is 5.22. The molecule has 0 bridgehead atoms. The summed E-state index contributed by atoms with van der Waals surface area (Å²) < 4.78 is 5.37. The third kappa shape index (κ3) is 2.34. The molecule has 3 rings (SSSR count). The Morgan fingerprint density at radius 3 is 2.76 bits per heavy atom. The van der Waals surface area contributed by atoms with Crippen LogP contribution < -0.4 is 5.56 Å². The zero-order valence-corrected chi connectivity index (χ0v) is 11.4. The third-order valence-corrected chi connectivity index (χ3v) is 3.72. The lowest BCUT2D eigenvalue weighted by molar-refractivity contribution is -0.0231. The van der Waals surface area contributed by atoms with E-state index in [1.165, 1.54) is 0 Å². The Morgan fingerprint density at radius 2 is 2.10 bits per heavy atom. The average molecular weight is 292 g/mol. The summed E-state index contributed by atoms with van der Waals surface area (Å²) in [6, 6.07) is 5.23. The van der Waals surface area contributed by atoms with Gasteiger partial charge in [0, 0.05) is 11.3 Å². The monoisotopic (exact) mass is 292 g/mol. The Balaban J connectivity index is 2.06. The first-order valence-electron chi connectivity index (χ1n) is 6.64. The van der Waals surface area contributed by atoms with Crippen LogP contribution in [0.5, 0.6) is 0 Å². The maximum atomic E-state index is 12.1. The van der Waals surface area contributed by atoms with Gasteiger partial charge in [-0.15, -0.1) is 0 Å². The van der Waals surface area contributed by atoms with Crippen LogP contribution in [-0.4, -0.2) is 50.2 Å². The van der Waals surface area contributed by atoms with Crippen molar-refractivity contribution >= 4 is 0 Å². The van der Waals surface area contributed by atoms with E-state index in [4.69, 9.17) is 9.84 Å². The molecule has 0 aromatic heterocycles. The zero-order valence-electron chi connectivity index (χ0n) is 11.4. The first kappa shape index (κ1) is 14.2. The van der Waals surface area contributed by atoms with E-state index in [0.29, 0.717) is 11.4 Å². The summed E-state index contributed by atoms with van der Waals surface area (Å²) in [7, 11) is 0. The van der Waals surface area contributed by atoms with Gasteiger partial charge < -0.3 is 25.0 Å². The van der Waals surface area contributed by atoms with Crippen LogP contribution in [0.3, 0.4) is 0 Å². The molecule has 0 radical (unpaired) electrons. The largest absolute Gasteiger partial charge is 0.394 e. The minimum Gasteiger partial charge on any atom is -0.394 e. The van der Waals surface area contributed by atoms with Crippen molar-refractivity contribution in [2.75, 3.05) is 6.61 Å². The molecule has 7 nitrogen and oxygen atoms in total. The van der Waals surface area contributed by atoms with Crippen molar-refractivity contribution < 1.29 is 20.1 Å². The van der Waals surface area contributed by atoms with Crippen molar-refractivity contribution in [1.82, 2.24) is 9.97 Å². The average Bonchev–Trinajstić information content (AvgIpc) is 2.74. The van der Waals surface area contributed by atoms with Gasteiger partial charge in [0.15, 0.2) is 0 Å². The number of rotatable bonds is 2. The summed E-state index contributed by atoms with van der Waals surface area (Å²) in [5, 5.41) is 28.9. The molecule has 0 saturated carbocycles. The van der Waals surface area contributed by atoms with E-state index in [1.807, 2.05) is 13.0 Å². The van der Waals surface area contributed by atoms with Gasteiger partial charge in [0.25, 0.3) is 5.56 Å². The van der Waals surface area contributed by atoms with E-state index in [1.54, 1.807) is 12.1 Å². The molecule has 3 heterocycles. The summed E-state index contributed by atoms with van der Waals surface area (Å²) in [4.78, 5) is 19.0. The standard InChI is InChI=1S/C14H16N2O5/c1-6-2-3-7-4-8(14(20)16-13(7)15-6)12-11(19)10(18)9(5-17)21-12/h2-4,9-12,17-19H,5H2,1H3,(H,15,16,20)/t9-,10?,11+,12+/m1/s1. The summed E-state index contributed by atoms with van der Waals surface area (Å²) in [5.41, 5.74) is 1.21. The molecule has 0 aromatic rings. The van der Waals surface area contributed by atoms with Crippen molar-refractivity contribution in [2.45, 2.75) is 31.3 Å². The number of aliphatic hydroxyl groups is 3. The Labute approximate surface area is 120 Å². The number of H-pyrrole nitrogens is 1. The Bertz CT molecular complexity index is 686. The van der Waals surface area contributed by atoms with Gasteiger partial charge in [-0.25, -0.2) is 0 Å². The predicted octanol–water partition coefficient (Wildman–Crippen LogP) is -0.663. The fraction of sp³-hybridized carbons (Fsp3) is 0.429. The summed E-state index contributed by atoms with van der Waals surface area (Å²) in [5.74, 6) is 0.454. The number of ether oxygens (including phenoxy) is 1. The number of aryl methyl sites for hydroxylation is 1. The van der Waals surface area contributed by atoms with E-state index < -0.39 is 36.6 Å². The molecule has 112 valence electrons. The lowest BCUT2D eigenvalue weighted by Crippen LogP contribution is -2.33. The number of aromatic amines is 1.